The van der Waals surface area contributed by atoms with Crippen LogP contribution in [0.5, 0.6) is 0 Å². The lowest BCUT2D eigenvalue weighted by Gasteiger charge is -1.95. The maximum atomic E-state index is 10.5. The molecule has 0 radical (unpaired) electrons. The minimum absolute atomic E-state index is 0.323. The van der Waals surface area contributed by atoms with Crippen LogP contribution in [0.1, 0.15) is 32.6 Å². The minimum atomic E-state index is 0.323. The summed E-state index contributed by atoms with van der Waals surface area (Å²) in [6, 6.07) is 0. The zero-order valence-electron chi connectivity index (χ0n) is 6.85. The molecule has 10 heavy (non-hydrogen) atoms. The van der Waals surface area contributed by atoms with Crippen molar-refractivity contribution in [3.05, 3.63) is 0 Å². The van der Waals surface area contributed by atoms with Crippen molar-refractivity contribution in [1.82, 2.24) is 0 Å². The Morgan fingerprint density at radius 2 is 2.00 bits per heavy atom. The zero-order valence-corrected chi connectivity index (χ0v) is 7.67. The van der Waals surface area contributed by atoms with Crippen LogP contribution in [0.3, 0.4) is 0 Å². The molecule has 1 nitrogen and oxygen atoms in total. The largest absolute Gasteiger partial charge is 0.300 e. The monoisotopic (exact) mass is 160 g/mol. The van der Waals surface area contributed by atoms with Gasteiger partial charge in [0, 0.05) is 6.42 Å². The second-order valence-corrected chi connectivity index (χ2v) is 3.49. The summed E-state index contributed by atoms with van der Waals surface area (Å²) < 4.78 is 0. The summed E-state index contributed by atoms with van der Waals surface area (Å²) in [4.78, 5) is 10.5. The molecule has 0 unspecified atom stereocenters. The molecular weight excluding hydrogens is 144 g/mol. The van der Waals surface area contributed by atoms with E-state index in [1.807, 2.05) is 11.8 Å². The Hall–Kier alpha value is 0.0200. The van der Waals surface area contributed by atoms with Crippen LogP contribution >= 0.6 is 11.8 Å². The lowest BCUT2D eigenvalue weighted by atomic mass is 10.2. The smallest absolute Gasteiger partial charge is 0.129 e. The lowest BCUT2D eigenvalue weighted by Crippen LogP contribution is -1.89. The number of Topliss-reactive ketones (excluding diaryl/α,β-unsaturated/α-hetero) is 1. The van der Waals surface area contributed by atoms with Gasteiger partial charge in [-0.15, -0.1) is 0 Å². The van der Waals surface area contributed by atoms with Crippen LogP contribution in [0, 0.1) is 0 Å². The molecule has 0 aromatic rings. The third-order valence-corrected chi connectivity index (χ3v) is 2.07. The molecule has 0 aliphatic rings. The van der Waals surface area contributed by atoms with Crippen LogP contribution < -0.4 is 0 Å². The van der Waals surface area contributed by atoms with E-state index in [0.717, 1.165) is 12.8 Å². The Balaban J connectivity index is 2.84. The number of carbonyl (C=O) groups excluding carboxylic acids is 1. The van der Waals surface area contributed by atoms with Crippen molar-refractivity contribution in [3.8, 4) is 0 Å². The first kappa shape index (κ1) is 10.0. The topological polar surface area (TPSA) is 17.1 Å². The lowest BCUT2D eigenvalue weighted by molar-refractivity contribution is -0.117. The Bertz CT molecular complexity index is 91.3. The molecule has 0 aliphatic heterocycles. The Morgan fingerprint density at radius 1 is 1.30 bits per heavy atom. The zero-order chi connectivity index (χ0) is 7.82. The third kappa shape index (κ3) is 8.02. The molecule has 0 bridgehead atoms. The summed E-state index contributed by atoms with van der Waals surface area (Å²) in [6.07, 6.45) is 6.43. The van der Waals surface area contributed by atoms with E-state index in [9.17, 15) is 4.79 Å². The maximum Gasteiger partial charge on any atom is 0.129 e. The molecular formula is C8H16OS. The molecule has 0 fully saturated rings. The van der Waals surface area contributed by atoms with Gasteiger partial charge < -0.3 is 4.79 Å². The Morgan fingerprint density at radius 3 is 2.50 bits per heavy atom. The summed E-state index contributed by atoms with van der Waals surface area (Å²) in [5.41, 5.74) is 0. The predicted molar refractivity (Wildman–Crippen MR) is 47.5 cm³/mol. The van der Waals surface area contributed by atoms with Gasteiger partial charge in [-0.25, -0.2) is 0 Å². The summed E-state index contributed by atoms with van der Waals surface area (Å²) in [5, 5.41) is 0. The molecule has 0 saturated heterocycles. The first-order chi connectivity index (χ1) is 4.77. The molecule has 0 atom stereocenters. The Labute approximate surface area is 67.6 Å². The SMILES string of the molecule is CSCCCCCC(C)=O. The molecule has 0 amide bonds. The quantitative estimate of drug-likeness (QED) is 0.555. The molecule has 0 aliphatic carbocycles. The van der Waals surface area contributed by atoms with Gasteiger partial charge in [0.2, 0.25) is 0 Å². The van der Waals surface area contributed by atoms with E-state index in [0.29, 0.717) is 5.78 Å². The molecule has 0 aromatic carbocycles. The number of unbranched alkanes of at least 4 members (excludes halogenated alkanes) is 2. The van der Waals surface area contributed by atoms with Gasteiger partial charge in [-0.05, 0) is 31.8 Å². The highest BCUT2D eigenvalue weighted by Gasteiger charge is 1.92. The van der Waals surface area contributed by atoms with Crippen LogP contribution in [0.25, 0.3) is 0 Å². The van der Waals surface area contributed by atoms with Crippen LogP contribution in [0.15, 0.2) is 0 Å². The summed E-state index contributed by atoms with van der Waals surface area (Å²) in [7, 11) is 0. The summed E-state index contributed by atoms with van der Waals surface area (Å²) >= 11 is 1.88. The maximum absolute atomic E-state index is 10.5. The van der Waals surface area contributed by atoms with E-state index in [1.165, 1.54) is 18.6 Å². The van der Waals surface area contributed by atoms with E-state index in [1.54, 1.807) is 6.92 Å². The molecule has 0 heterocycles. The number of thioether (sulfide) groups is 1. The molecule has 60 valence electrons. The molecule has 0 spiro atoms. The van der Waals surface area contributed by atoms with Crippen LogP contribution in [-0.2, 0) is 4.79 Å². The van der Waals surface area contributed by atoms with Gasteiger partial charge in [0.15, 0.2) is 0 Å². The van der Waals surface area contributed by atoms with Crippen molar-refractivity contribution in [2.24, 2.45) is 0 Å². The third-order valence-electron chi connectivity index (χ3n) is 1.38. The summed E-state index contributed by atoms with van der Waals surface area (Å²) in [6.45, 7) is 1.66. The molecule has 2 heteroatoms. The number of carbonyl (C=O) groups is 1. The Kier molecular flexibility index (Phi) is 7.15. The predicted octanol–water partition coefficient (Wildman–Crippen LogP) is 2.50. The number of hydrogen-bond acceptors (Lipinski definition) is 2. The fraction of sp³-hybridized carbons (Fsp3) is 0.875. The van der Waals surface area contributed by atoms with E-state index >= 15 is 0 Å². The van der Waals surface area contributed by atoms with Crippen LogP contribution in [0.4, 0.5) is 0 Å². The van der Waals surface area contributed by atoms with Crippen molar-refractivity contribution >= 4 is 17.5 Å². The number of rotatable bonds is 6. The molecule has 0 rings (SSSR count). The van der Waals surface area contributed by atoms with Gasteiger partial charge in [-0.1, -0.05) is 6.42 Å². The van der Waals surface area contributed by atoms with Crippen LogP contribution in [0.2, 0.25) is 0 Å². The summed E-state index contributed by atoms with van der Waals surface area (Å²) in [5.74, 6) is 1.56. The molecule has 0 saturated carbocycles. The van der Waals surface area contributed by atoms with Crippen molar-refractivity contribution < 1.29 is 4.79 Å². The number of hydrogen-bond donors (Lipinski definition) is 0. The van der Waals surface area contributed by atoms with E-state index < -0.39 is 0 Å². The standard InChI is InChI=1S/C8H16OS/c1-8(9)6-4-3-5-7-10-2/h3-7H2,1-2H3. The van der Waals surface area contributed by atoms with E-state index in [2.05, 4.69) is 6.26 Å². The average molecular weight is 160 g/mol. The van der Waals surface area contributed by atoms with Crippen molar-refractivity contribution in [2.75, 3.05) is 12.0 Å². The van der Waals surface area contributed by atoms with Crippen molar-refractivity contribution in [3.63, 3.8) is 0 Å². The van der Waals surface area contributed by atoms with Gasteiger partial charge in [0.05, 0.1) is 0 Å². The van der Waals surface area contributed by atoms with Gasteiger partial charge in [-0.2, -0.15) is 11.8 Å². The fourth-order valence-corrected chi connectivity index (χ4v) is 1.29. The minimum Gasteiger partial charge on any atom is -0.300 e. The highest BCUT2D eigenvalue weighted by atomic mass is 32.2. The highest BCUT2D eigenvalue weighted by Crippen LogP contribution is 2.04. The van der Waals surface area contributed by atoms with E-state index in [-0.39, 0.29) is 0 Å². The van der Waals surface area contributed by atoms with Gasteiger partial charge in [-0.3, -0.25) is 0 Å². The van der Waals surface area contributed by atoms with Gasteiger partial charge in [0.25, 0.3) is 0 Å². The normalized spacial score (nSPS) is 9.80. The van der Waals surface area contributed by atoms with E-state index in [4.69, 9.17) is 0 Å². The van der Waals surface area contributed by atoms with Gasteiger partial charge >= 0.3 is 0 Å². The average Bonchev–Trinajstić information content (AvgIpc) is 1.87. The first-order valence-electron chi connectivity index (χ1n) is 3.75. The molecule has 0 N–H and O–H groups in total. The second kappa shape index (κ2) is 7.13. The highest BCUT2D eigenvalue weighted by molar-refractivity contribution is 7.98. The van der Waals surface area contributed by atoms with Gasteiger partial charge in [0.1, 0.15) is 5.78 Å². The first-order valence-corrected chi connectivity index (χ1v) is 5.15. The number of ketones is 1. The van der Waals surface area contributed by atoms with Crippen LogP contribution in [-0.4, -0.2) is 17.8 Å². The molecule has 0 aromatic heterocycles. The fourth-order valence-electron chi connectivity index (χ4n) is 0.797. The van der Waals surface area contributed by atoms with Crippen molar-refractivity contribution in [1.29, 1.82) is 0 Å². The second-order valence-electron chi connectivity index (χ2n) is 2.51. The van der Waals surface area contributed by atoms with Crippen molar-refractivity contribution in [2.45, 2.75) is 32.6 Å².